The van der Waals surface area contributed by atoms with E-state index in [2.05, 4.69) is 29.8 Å². The van der Waals surface area contributed by atoms with Gasteiger partial charge in [-0.1, -0.05) is 84.5 Å². The van der Waals surface area contributed by atoms with Crippen LogP contribution in [0.4, 0.5) is 11.4 Å². The highest BCUT2D eigenvalue weighted by Gasteiger charge is 2.16. The van der Waals surface area contributed by atoms with E-state index in [9.17, 15) is 14.4 Å². The van der Waals surface area contributed by atoms with E-state index in [1.54, 1.807) is 12.1 Å². The summed E-state index contributed by atoms with van der Waals surface area (Å²) in [6, 6.07) is 21.6. The number of halogens is 4. The van der Waals surface area contributed by atoms with Crippen LogP contribution in [0.3, 0.4) is 0 Å². The zero-order valence-corrected chi connectivity index (χ0v) is 31.1. The predicted octanol–water partition coefficient (Wildman–Crippen LogP) is 9.23. The van der Waals surface area contributed by atoms with Crippen LogP contribution >= 0.6 is 46.4 Å². The van der Waals surface area contributed by atoms with Crippen LogP contribution in [-0.2, 0) is 29.2 Å². The largest absolute Gasteiger partial charge is 0.486 e. The summed E-state index contributed by atoms with van der Waals surface area (Å²) in [5.74, 6) is -2.04. The Morgan fingerprint density at radius 1 is 0.627 bits per heavy atom. The number of carboxylic acids is 2. The Morgan fingerprint density at radius 2 is 1.08 bits per heavy atom. The van der Waals surface area contributed by atoms with Crippen LogP contribution in [0.5, 0.6) is 11.5 Å². The maximum absolute atomic E-state index is 11.9. The van der Waals surface area contributed by atoms with Crippen LogP contribution in [0, 0.1) is 0 Å². The van der Waals surface area contributed by atoms with Gasteiger partial charge in [0.2, 0.25) is 0 Å². The summed E-state index contributed by atoms with van der Waals surface area (Å²) in [6.45, 7) is 6.08. The van der Waals surface area contributed by atoms with Gasteiger partial charge >= 0.3 is 11.9 Å². The van der Waals surface area contributed by atoms with E-state index in [1.807, 2.05) is 48.5 Å². The second-order valence-corrected chi connectivity index (χ2v) is 12.8. The maximum atomic E-state index is 11.9. The average molecular weight is 780 g/mol. The molecule has 0 atom stereocenters. The number of hydrogen-bond donors (Lipinski definition) is 5. The quantitative estimate of drug-likeness (QED) is 0.0708. The first kappa shape index (κ1) is 41.1. The molecule has 0 aromatic heterocycles. The molecule has 51 heavy (non-hydrogen) atoms. The molecular formula is C37H39Cl4N3O7. The van der Waals surface area contributed by atoms with Crippen molar-refractivity contribution in [2.24, 2.45) is 0 Å². The Labute approximate surface area is 317 Å². The van der Waals surface area contributed by atoms with Gasteiger partial charge in [0.1, 0.15) is 19.8 Å². The van der Waals surface area contributed by atoms with Crippen molar-refractivity contribution < 1.29 is 34.1 Å². The van der Waals surface area contributed by atoms with Gasteiger partial charge in [0.15, 0.2) is 11.5 Å². The van der Waals surface area contributed by atoms with Crippen molar-refractivity contribution in [2.75, 3.05) is 30.3 Å². The lowest BCUT2D eigenvalue weighted by atomic mass is 10.1. The lowest BCUT2D eigenvalue weighted by Crippen LogP contribution is -2.29. The van der Waals surface area contributed by atoms with E-state index in [-0.39, 0.29) is 34.4 Å². The highest BCUT2D eigenvalue weighted by atomic mass is 35.5. The van der Waals surface area contributed by atoms with Gasteiger partial charge in [-0.2, -0.15) is 0 Å². The number of nitrogens with one attached hydrogen (secondary N) is 3. The highest BCUT2D eigenvalue weighted by Crippen LogP contribution is 2.36. The van der Waals surface area contributed by atoms with E-state index in [4.69, 9.17) is 66.1 Å². The van der Waals surface area contributed by atoms with Crippen molar-refractivity contribution >= 4 is 75.6 Å². The Kier molecular flexibility index (Phi) is 17.0. The van der Waals surface area contributed by atoms with E-state index >= 15 is 0 Å². The molecule has 0 saturated heterocycles. The van der Waals surface area contributed by atoms with Gasteiger partial charge < -0.3 is 35.6 Å². The van der Waals surface area contributed by atoms with E-state index < -0.39 is 24.4 Å². The number of carboxylic acid groups (broad SMARTS) is 2. The zero-order valence-electron chi connectivity index (χ0n) is 28.0. The molecule has 5 N–H and O–H groups in total. The second kappa shape index (κ2) is 21.1. The van der Waals surface area contributed by atoms with E-state index in [0.717, 1.165) is 48.4 Å². The molecule has 0 bridgehead atoms. The fraction of sp³-hybridized carbons (Fsp3) is 0.270. The fourth-order valence-electron chi connectivity index (χ4n) is 4.51. The summed E-state index contributed by atoms with van der Waals surface area (Å²) >= 11 is 24.7. The molecule has 0 aliphatic heterocycles. The number of carbonyl (C=O) groups excluding carboxylic acids is 1. The Balaban J connectivity index is 0.000000277. The molecule has 0 aliphatic rings. The molecule has 4 aromatic rings. The van der Waals surface area contributed by atoms with E-state index in [0.29, 0.717) is 28.0 Å². The van der Waals surface area contributed by atoms with Crippen LogP contribution in [-0.4, -0.2) is 47.7 Å². The summed E-state index contributed by atoms with van der Waals surface area (Å²) in [6.07, 6.45) is 1.94. The molecule has 4 rings (SSSR count). The predicted molar refractivity (Wildman–Crippen MR) is 203 cm³/mol. The molecule has 1 amide bonds. The third-order valence-corrected chi connectivity index (χ3v) is 7.98. The van der Waals surface area contributed by atoms with Crippen LogP contribution in [0.25, 0.3) is 0 Å². The molecule has 0 saturated carbocycles. The smallest absolute Gasteiger partial charge is 0.322 e. The number of amides is 1. The van der Waals surface area contributed by atoms with Gasteiger partial charge in [-0.05, 0) is 78.1 Å². The fourth-order valence-corrected chi connectivity index (χ4v) is 5.74. The van der Waals surface area contributed by atoms with Crippen molar-refractivity contribution in [3.8, 4) is 11.5 Å². The third-order valence-electron chi connectivity index (χ3n) is 6.85. The zero-order chi connectivity index (χ0) is 37.3. The molecule has 10 nitrogen and oxygen atoms in total. The molecule has 0 radical (unpaired) electrons. The minimum Gasteiger partial charge on any atom is -0.486 e. The van der Waals surface area contributed by atoms with Gasteiger partial charge in [-0.25, -0.2) is 0 Å². The van der Waals surface area contributed by atoms with Gasteiger partial charge in [0, 0.05) is 30.0 Å². The van der Waals surface area contributed by atoms with Crippen molar-refractivity contribution in [2.45, 2.75) is 46.3 Å². The highest BCUT2D eigenvalue weighted by molar-refractivity contribution is 6.38. The molecule has 0 spiro atoms. The molecule has 0 unspecified atom stereocenters. The van der Waals surface area contributed by atoms with E-state index in [1.165, 1.54) is 12.1 Å². The minimum absolute atomic E-state index is 0.134. The number of aliphatic carboxylic acids is 2. The molecule has 0 fully saturated rings. The SMILES string of the molecule is CCCNc1cccc(COc2c(Cl)cc(C(=O)NCC(=O)O)cc2Cl)c1.CCCNc1cccc(COc2c(Cl)cc(CC(=O)O)cc2Cl)c1. The lowest BCUT2D eigenvalue weighted by molar-refractivity contribution is -0.137. The summed E-state index contributed by atoms with van der Waals surface area (Å²) in [4.78, 5) is 33.2. The molecular weight excluding hydrogens is 740 g/mol. The second-order valence-electron chi connectivity index (χ2n) is 11.1. The van der Waals surface area contributed by atoms with Crippen molar-refractivity contribution in [3.63, 3.8) is 0 Å². The number of anilines is 2. The molecule has 0 aliphatic carbocycles. The average Bonchev–Trinajstić information content (AvgIpc) is 3.08. The van der Waals surface area contributed by atoms with Gasteiger partial charge in [-0.3, -0.25) is 14.4 Å². The van der Waals surface area contributed by atoms with Crippen molar-refractivity contribution in [3.05, 3.63) is 115 Å². The first-order valence-corrected chi connectivity index (χ1v) is 17.5. The lowest BCUT2D eigenvalue weighted by Gasteiger charge is -2.13. The summed E-state index contributed by atoms with van der Waals surface area (Å²) < 4.78 is 11.5. The number of carbonyl (C=O) groups is 3. The number of hydrogen-bond acceptors (Lipinski definition) is 7. The number of ether oxygens (including phenoxy) is 2. The maximum Gasteiger partial charge on any atom is 0.322 e. The standard InChI is InChI=1S/C19H20Cl2N2O4.C18H19Cl2NO3/c1-2-6-22-14-5-3-4-12(7-14)11-27-18-15(20)8-13(9-16(18)21)19(26)23-10-17(24)25;1-2-6-21-14-5-3-4-12(7-14)11-24-18-15(19)8-13(9-16(18)20)10-17(22)23/h3-5,7-9,22H,2,6,10-11H2,1H3,(H,23,26)(H,24,25);3-5,7-9,21H,2,6,10-11H2,1H3,(H,22,23). The van der Waals surface area contributed by atoms with Crippen LogP contribution < -0.4 is 25.4 Å². The Hall–Kier alpha value is -4.35. The number of benzene rings is 4. The number of rotatable bonds is 17. The monoisotopic (exact) mass is 777 g/mol. The van der Waals surface area contributed by atoms with Crippen LogP contribution in [0.2, 0.25) is 20.1 Å². The van der Waals surface area contributed by atoms with Gasteiger partial charge in [-0.15, -0.1) is 0 Å². The Morgan fingerprint density at radius 3 is 1.49 bits per heavy atom. The van der Waals surface area contributed by atoms with Crippen molar-refractivity contribution in [1.29, 1.82) is 0 Å². The van der Waals surface area contributed by atoms with Gasteiger partial charge in [0.05, 0.1) is 26.5 Å². The first-order chi connectivity index (χ1) is 24.4. The molecule has 0 heterocycles. The molecule has 4 aromatic carbocycles. The first-order valence-electron chi connectivity index (χ1n) is 16.0. The molecule has 14 heteroatoms. The van der Waals surface area contributed by atoms with Crippen LogP contribution in [0.1, 0.15) is 53.7 Å². The van der Waals surface area contributed by atoms with Gasteiger partial charge in [0.25, 0.3) is 5.91 Å². The van der Waals surface area contributed by atoms with Crippen LogP contribution in [0.15, 0.2) is 72.8 Å². The molecule has 272 valence electrons. The summed E-state index contributed by atoms with van der Waals surface area (Å²) in [5, 5.41) is 27.3. The summed E-state index contributed by atoms with van der Waals surface area (Å²) in [7, 11) is 0. The summed E-state index contributed by atoms with van der Waals surface area (Å²) in [5.41, 5.74) is 4.65. The van der Waals surface area contributed by atoms with Crippen molar-refractivity contribution in [1.82, 2.24) is 5.32 Å². The third kappa shape index (κ3) is 14.1. The normalized spacial score (nSPS) is 10.4. The minimum atomic E-state index is -1.14. The Bertz CT molecular complexity index is 1760. The topological polar surface area (TPSA) is 146 Å².